The van der Waals surface area contributed by atoms with Crippen molar-refractivity contribution in [2.24, 2.45) is 0 Å². The molecule has 0 heteroatoms. The molecule has 0 fully saturated rings. The van der Waals surface area contributed by atoms with Crippen LogP contribution in [-0.2, 0) is 0 Å². The van der Waals surface area contributed by atoms with Crippen molar-refractivity contribution in [2.45, 2.75) is 27.7 Å². The third-order valence-corrected chi connectivity index (χ3v) is 3.21. The lowest BCUT2D eigenvalue weighted by atomic mass is 9.99. The standard InChI is InChI=1S/C16H14.C2H6/c1-11-6-7-13-9-14-5-3-4-12(2)16(14)10-15(13)8-11;1-2/h3-10H,1-2H3;1-2H3. The van der Waals surface area contributed by atoms with E-state index in [2.05, 4.69) is 62.4 Å². The summed E-state index contributed by atoms with van der Waals surface area (Å²) in [6.07, 6.45) is 0. The Kier molecular flexibility index (Phi) is 3.66. The van der Waals surface area contributed by atoms with E-state index in [0.717, 1.165) is 0 Å². The van der Waals surface area contributed by atoms with Crippen LogP contribution >= 0.6 is 0 Å². The van der Waals surface area contributed by atoms with Gasteiger partial charge in [0.05, 0.1) is 0 Å². The van der Waals surface area contributed by atoms with Crippen LogP contribution in [0.5, 0.6) is 0 Å². The van der Waals surface area contributed by atoms with E-state index < -0.39 is 0 Å². The zero-order chi connectivity index (χ0) is 13.1. The molecule has 3 rings (SSSR count). The third kappa shape index (κ3) is 2.24. The Morgan fingerprint density at radius 1 is 0.667 bits per heavy atom. The molecule has 0 heterocycles. The number of hydrogen-bond acceptors (Lipinski definition) is 0. The maximum Gasteiger partial charge on any atom is -0.0148 e. The van der Waals surface area contributed by atoms with Gasteiger partial charge >= 0.3 is 0 Å². The third-order valence-electron chi connectivity index (χ3n) is 3.21. The minimum absolute atomic E-state index is 1.32. The molecule has 0 saturated carbocycles. The average molecular weight is 236 g/mol. The Labute approximate surface area is 109 Å². The van der Waals surface area contributed by atoms with Gasteiger partial charge in [0.15, 0.2) is 0 Å². The van der Waals surface area contributed by atoms with Gasteiger partial charge in [0.2, 0.25) is 0 Å². The largest absolute Gasteiger partial charge is 0.0683 e. The van der Waals surface area contributed by atoms with E-state index in [0.29, 0.717) is 0 Å². The first-order valence-electron chi connectivity index (χ1n) is 6.64. The van der Waals surface area contributed by atoms with Crippen LogP contribution in [0.3, 0.4) is 0 Å². The molecule has 0 aromatic heterocycles. The van der Waals surface area contributed by atoms with Gasteiger partial charge in [-0.15, -0.1) is 0 Å². The smallest absolute Gasteiger partial charge is 0.0148 e. The second-order valence-corrected chi connectivity index (χ2v) is 4.50. The summed E-state index contributed by atoms with van der Waals surface area (Å²) in [4.78, 5) is 0. The van der Waals surface area contributed by atoms with E-state index in [-0.39, 0.29) is 0 Å². The highest BCUT2D eigenvalue weighted by Crippen LogP contribution is 2.25. The van der Waals surface area contributed by atoms with Gasteiger partial charge in [-0.25, -0.2) is 0 Å². The monoisotopic (exact) mass is 236 g/mol. The molecule has 0 atom stereocenters. The quantitative estimate of drug-likeness (QED) is 0.443. The predicted octanol–water partition coefficient (Wildman–Crippen LogP) is 5.64. The van der Waals surface area contributed by atoms with Gasteiger partial charge in [-0.3, -0.25) is 0 Å². The molecule has 0 unspecified atom stereocenters. The van der Waals surface area contributed by atoms with Crippen LogP contribution < -0.4 is 0 Å². The van der Waals surface area contributed by atoms with E-state index in [1.807, 2.05) is 13.8 Å². The zero-order valence-corrected chi connectivity index (χ0v) is 11.6. The number of fused-ring (bicyclic) bond motifs is 2. The number of benzene rings is 3. The lowest BCUT2D eigenvalue weighted by molar-refractivity contribution is 1.50. The maximum atomic E-state index is 2.30. The number of hydrogen-bond donors (Lipinski definition) is 0. The fourth-order valence-corrected chi connectivity index (χ4v) is 2.30. The van der Waals surface area contributed by atoms with Crippen LogP contribution in [0.2, 0.25) is 0 Å². The van der Waals surface area contributed by atoms with Crippen LogP contribution in [0.1, 0.15) is 25.0 Å². The molecule has 92 valence electrons. The SMILES string of the molecule is CC.Cc1ccc2cc3cccc(C)c3cc2c1. The Bertz CT molecular complexity index is 678. The molecule has 0 spiro atoms. The number of rotatable bonds is 0. The lowest BCUT2D eigenvalue weighted by Gasteiger charge is -2.05. The molecule has 0 N–H and O–H groups in total. The van der Waals surface area contributed by atoms with E-state index in [1.54, 1.807) is 0 Å². The molecule has 3 aromatic rings. The lowest BCUT2D eigenvalue weighted by Crippen LogP contribution is -1.80. The van der Waals surface area contributed by atoms with E-state index in [1.165, 1.54) is 32.7 Å². The number of aryl methyl sites for hydroxylation is 2. The average Bonchev–Trinajstić information content (AvgIpc) is 2.40. The summed E-state index contributed by atoms with van der Waals surface area (Å²) >= 11 is 0. The van der Waals surface area contributed by atoms with E-state index in [4.69, 9.17) is 0 Å². The van der Waals surface area contributed by atoms with Crippen molar-refractivity contribution in [1.82, 2.24) is 0 Å². The van der Waals surface area contributed by atoms with Crippen LogP contribution in [0.15, 0.2) is 48.5 Å². The fraction of sp³-hybridized carbons (Fsp3) is 0.222. The van der Waals surface area contributed by atoms with Crippen molar-refractivity contribution in [2.75, 3.05) is 0 Å². The van der Waals surface area contributed by atoms with Crippen LogP contribution in [0.4, 0.5) is 0 Å². The second-order valence-electron chi connectivity index (χ2n) is 4.50. The van der Waals surface area contributed by atoms with E-state index >= 15 is 0 Å². The highest BCUT2D eigenvalue weighted by molar-refractivity contribution is 5.99. The van der Waals surface area contributed by atoms with Gasteiger partial charge in [-0.2, -0.15) is 0 Å². The summed E-state index contributed by atoms with van der Waals surface area (Å²) in [5.74, 6) is 0. The molecular formula is C18H20. The predicted molar refractivity (Wildman–Crippen MR) is 82.3 cm³/mol. The van der Waals surface area contributed by atoms with Gasteiger partial charge in [0, 0.05) is 0 Å². The molecule has 0 amide bonds. The summed E-state index contributed by atoms with van der Waals surface area (Å²) in [6, 6.07) is 17.7. The summed E-state index contributed by atoms with van der Waals surface area (Å²) in [7, 11) is 0. The topological polar surface area (TPSA) is 0 Å². The Morgan fingerprint density at radius 2 is 1.44 bits per heavy atom. The molecule has 0 bridgehead atoms. The summed E-state index contributed by atoms with van der Waals surface area (Å²) < 4.78 is 0. The van der Waals surface area contributed by atoms with Crippen molar-refractivity contribution in [3.8, 4) is 0 Å². The fourth-order valence-electron chi connectivity index (χ4n) is 2.30. The minimum Gasteiger partial charge on any atom is -0.0683 e. The molecule has 0 radical (unpaired) electrons. The first-order chi connectivity index (χ1) is 8.74. The van der Waals surface area contributed by atoms with Gasteiger partial charge < -0.3 is 0 Å². The molecule has 0 aliphatic carbocycles. The molecule has 3 aromatic carbocycles. The van der Waals surface area contributed by atoms with Gasteiger partial charge in [0.25, 0.3) is 0 Å². The Hall–Kier alpha value is -1.82. The van der Waals surface area contributed by atoms with Crippen LogP contribution in [0, 0.1) is 13.8 Å². The Morgan fingerprint density at radius 3 is 2.22 bits per heavy atom. The maximum absolute atomic E-state index is 2.30. The first-order valence-corrected chi connectivity index (χ1v) is 6.64. The Balaban J connectivity index is 0.000000574. The van der Waals surface area contributed by atoms with Gasteiger partial charge in [-0.1, -0.05) is 55.8 Å². The zero-order valence-electron chi connectivity index (χ0n) is 11.6. The first kappa shape index (κ1) is 12.6. The van der Waals surface area contributed by atoms with Crippen LogP contribution in [0.25, 0.3) is 21.5 Å². The summed E-state index contributed by atoms with van der Waals surface area (Å²) in [5.41, 5.74) is 2.67. The highest BCUT2D eigenvalue weighted by atomic mass is 14.0. The molecule has 0 saturated heterocycles. The molecule has 18 heavy (non-hydrogen) atoms. The minimum atomic E-state index is 1.32. The van der Waals surface area contributed by atoms with Crippen molar-refractivity contribution >= 4 is 21.5 Å². The summed E-state index contributed by atoms with van der Waals surface area (Å²) in [5, 5.41) is 5.35. The summed E-state index contributed by atoms with van der Waals surface area (Å²) in [6.45, 7) is 8.31. The van der Waals surface area contributed by atoms with Crippen molar-refractivity contribution in [3.63, 3.8) is 0 Å². The van der Waals surface area contributed by atoms with Gasteiger partial charge in [0.1, 0.15) is 0 Å². The molecule has 0 aliphatic rings. The van der Waals surface area contributed by atoms with Crippen molar-refractivity contribution < 1.29 is 0 Å². The molecule has 0 nitrogen and oxygen atoms in total. The van der Waals surface area contributed by atoms with Gasteiger partial charge in [-0.05, 0) is 53.1 Å². The molecular weight excluding hydrogens is 216 g/mol. The van der Waals surface area contributed by atoms with Crippen molar-refractivity contribution in [1.29, 1.82) is 0 Å². The highest BCUT2D eigenvalue weighted by Gasteiger charge is 2.00. The normalized spacial score (nSPS) is 10.2. The second kappa shape index (κ2) is 5.22. The van der Waals surface area contributed by atoms with Crippen LogP contribution in [-0.4, -0.2) is 0 Å². The van der Waals surface area contributed by atoms with E-state index in [9.17, 15) is 0 Å². The molecule has 0 aliphatic heterocycles. The van der Waals surface area contributed by atoms with Crippen molar-refractivity contribution in [3.05, 3.63) is 59.7 Å².